The maximum atomic E-state index is 12.7. The summed E-state index contributed by atoms with van der Waals surface area (Å²) in [6.07, 6.45) is 0.517. The number of morpholine rings is 1. The number of amides is 1. The molecule has 2 aromatic carbocycles. The fourth-order valence-corrected chi connectivity index (χ4v) is 4.06. The lowest BCUT2D eigenvalue weighted by Crippen LogP contribution is -2.44. The normalized spacial score (nSPS) is 19.5. The topological polar surface area (TPSA) is 42.0 Å². The van der Waals surface area contributed by atoms with Crippen LogP contribution in [-0.2, 0) is 11.3 Å². The summed E-state index contributed by atoms with van der Waals surface area (Å²) in [6.45, 7) is 12.1. The first-order chi connectivity index (χ1) is 14.3. The zero-order valence-electron chi connectivity index (χ0n) is 18.9. The Hall–Kier alpha value is -2.37. The summed E-state index contributed by atoms with van der Waals surface area (Å²) in [5.41, 5.74) is 4.27. The predicted octanol–water partition coefficient (Wildman–Crippen LogP) is 4.06. The van der Waals surface area contributed by atoms with Crippen LogP contribution in [0.15, 0.2) is 42.5 Å². The second-order valence-corrected chi connectivity index (χ2v) is 8.55. The number of aryl methyl sites for hydroxylation is 2. The van der Waals surface area contributed by atoms with Crippen LogP contribution in [0.5, 0.6) is 5.75 Å². The van der Waals surface area contributed by atoms with E-state index in [4.69, 9.17) is 9.47 Å². The number of nitrogens with zero attached hydrogens (tertiary/aromatic N) is 2. The van der Waals surface area contributed by atoms with Gasteiger partial charge in [-0.15, -0.1) is 0 Å². The predicted molar refractivity (Wildman–Crippen MR) is 120 cm³/mol. The summed E-state index contributed by atoms with van der Waals surface area (Å²) in [6, 6.07) is 14.1. The minimum Gasteiger partial charge on any atom is -0.492 e. The molecule has 0 spiro atoms. The third-order valence-electron chi connectivity index (χ3n) is 5.34. The van der Waals surface area contributed by atoms with Crippen molar-refractivity contribution in [3.63, 3.8) is 0 Å². The SMILES string of the molecule is Cc1cc(C)cc(OCCN(C)C(=O)c2ccc(CN3CC(C)OC(C)C3)cc2)c1. The van der Waals surface area contributed by atoms with E-state index in [0.29, 0.717) is 18.7 Å². The van der Waals surface area contributed by atoms with Gasteiger partial charge in [0.1, 0.15) is 12.4 Å². The van der Waals surface area contributed by atoms with Gasteiger partial charge in [-0.05, 0) is 68.7 Å². The second-order valence-electron chi connectivity index (χ2n) is 8.55. The molecule has 0 bridgehead atoms. The number of rotatable bonds is 7. The molecule has 5 heteroatoms. The van der Waals surface area contributed by atoms with Crippen LogP contribution < -0.4 is 4.74 Å². The first kappa shape index (κ1) is 22.3. The van der Waals surface area contributed by atoms with E-state index in [0.717, 1.165) is 25.4 Å². The highest BCUT2D eigenvalue weighted by Gasteiger charge is 2.22. The maximum absolute atomic E-state index is 12.7. The molecule has 30 heavy (non-hydrogen) atoms. The van der Waals surface area contributed by atoms with Crippen molar-refractivity contribution in [1.29, 1.82) is 0 Å². The van der Waals surface area contributed by atoms with Gasteiger partial charge in [-0.3, -0.25) is 9.69 Å². The number of carbonyl (C=O) groups is 1. The molecule has 0 aromatic heterocycles. The van der Waals surface area contributed by atoms with E-state index in [9.17, 15) is 4.79 Å². The summed E-state index contributed by atoms with van der Waals surface area (Å²) in [5.74, 6) is 0.864. The van der Waals surface area contributed by atoms with Crippen molar-refractivity contribution >= 4 is 5.91 Å². The number of ether oxygens (including phenoxy) is 2. The van der Waals surface area contributed by atoms with Crippen molar-refractivity contribution in [2.75, 3.05) is 33.3 Å². The van der Waals surface area contributed by atoms with E-state index in [1.165, 1.54) is 16.7 Å². The fraction of sp³-hybridized carbons (Fsp3) is 0.480. The summed E-state index contributed by atoms with van der Waals surface area (Å²) in [4.78, 5) is 16.8. The highest BCUT2D eigenvalue weighted by molar-refractivity contribution is 5.94. The molecule has 0 radical (unpaired) electrons. The van der Waals surface area contributed by atoms with E-state index in [1.54, 1.807) is 4.90 Å². The van der Waals surface area contributed by atoms with E-state index in [2.05, 4.69) is 50.8 Å². The lowest BCUT2D eigenvalue weighted by Gasteiger charge is -2.35. The second kappa shape index (κ2) is 10.1. The van der Waals surface area contributed by atoms with Gasteiger partial charge in [0.15, 0.2) is 0 Å². The minimum absolute atomic E-state index is 0.0131. The molecule has 0 N–H and O–H groups in total. The molecular formula is C25H34N2O3. The van der Waals surface area contributed by atoms with E-state index < -0.39 is 0 Å². The van der Waals surface area contributed by atoms with E-state index in [1.807, 2.05) is 31.3 Å². The van der Waals surface area contributed by atoms with Gasteiger partial charge in [0.25, 0.3) is 5.91 Å². The summed E-state index contributed by atoms with van der Waals surface area (Å²) in [5, 5.41) is 0. The molecule has 5 nitrogen and oxygen atoms in total. The van der Waals surface area contributed by atoms with Crippen LogP contribution in [0.2, 0.25) is 0 Å². The molecule has 1 amide bonds. The molecule has 1 fully saturated rings. The summed E-state index contributed by atoms with van der Waals surface area (Å²) >= 11 is 0. The smallest absolute Gasteiger partial charge is 0.253 e. The van der Waals surface area contributed by atoms with Gasteiger partial charge in [0.2, 0.25) is 0 Å². The number of hydrogen-bond donors (Lipinski definition) is 0. The van der Waals surface area contributed by atoms with Crippen molar-refractivity contribution in [3.8, 4) is 5.75 Å². The quantitative estimate of drug-likeness (QED) is 0.690. The van der Waals surface area contributed by atoms with Gasteiger partial charge in [0.05, 0.1) is 18.8 Å². The number of likely N-dealkylation sites (N-methyl/N-ethyl adjacent to an activating group) is 1. The molecule has 0 saturated carbocycles. The first-order valence-electron chi connectivity index (χ1n) is 10.7. The third kappa shape index (κ3) is 6.31. The van der Waals surface area contributed by atoms with Gasteiger partial charge in [-0.2, -0.15) is 0 Å². The molecule has 162 valence electrons. The fourth-order valence-electron chi connectivity index (χ4n) is 4.06. The van der Waals surface area contributed by atoms with Crippen LogP contribution >= 0.6 is 0 Å². The highest BCUT2D eigenvalue weighted by Crippen LogP contribution is 2.17. The van der Waals surface area contributed by atoms with Crippen LogP contribution in [0.3, 0.4) is 0 Å². The Morgan fingerprint density at radius 3 is 2.27 bits per heavy atom. The van der Waals surface area contributed by atoms with Crippen molar-refractivity contribution in [2.45, 2.75) is 46.4 Å². The van der Waals surface area contributed by atoms with Crippen molar-refractivity contribution in [1.82, 2.24) is 9.80 Å². The monoisotopic (exact) mass is 410 g/mol. The van der Waals surface area contributed by atoms with E-state index >= 15 is 0 Å². The molecule has 1 heterocycles. The van der Waals surface area contributed by atoms with Crippen molar-refractivity contribution in [2.24, 2.45) is 0 Å². The molecule has 3 rings (SSSR count). The van der Waals surface area contributed by atoms with Crippen LogP contribution in [0.25, 0.3) is 0 Å². The minimum atomic E-state index is 0.0131. The first-order valence-corrected chi connectivity index (χ1v) is 10.7. The molecule has 0 aliphatic carbocycles. The van der Waals surface area contributed by atoms with Gasteiger partial charge in [0, 0.05) is 32.2 Å². The van der Waals surface area contributed by atoms with Crippen molar-refractivity contribution in [3.05, 3.63) is 64.7 Å². The lowest BCUT2D eigenvalue weighted by atomic mass is 10.1. The number of benzene rings is 2. The van der Waals surface area contributed by atoms with Gasteiger partial charge in [-0.1, -0.05) is 18.2 Å². The Labute approximate surface area is 180 Å². The molecule has 2 aromatic rings. The molecule has 1 saturated heterocycles. The molecule has 1 aliphatic heterocycles. The average Bonchev–Trinajstić information content (AvgIpc) is 2.66. The zero-order chi connectivity index (χ0) is 21.7. The molecular weight excluding hydrogens is 376 g/mol. The molecule has 2 unspecified atom stereocenters. The Balaban J connectivity index is 1.49. The Morgan fingerprint density at radius 1 is 1.07 bits per heavy atom. The molecule has 2 atom stereocenters. The van der Waals surface area contributed by atoms with E-state index in [-0.39, 0.29) is 18.1 Å². The van der Waals surface area contributed by atoms with Crippen LogP contribution in [0.4, 0.5) is 0 Å². The van der Waals surface area contributed by atoms with Gasteiger partial charge in [-0.25, -0.2) is 0 Å². The largest absolute Gasteiger partial charge is 0.492 e. The number of hydrogen-bond acceptors (Lipinski definition) is 4. The van der Waals surface area contributed by atoms with Crippen molar-refractivity contribution < 1.29 is 14.3 Å². The third-order valence-corrected chi connectivity index (χ3v) is 5.34. The Morgan fingerprint density at radius 2 is 1.67 bits per heavy atom. The summed E-state index contributed by atoms with van der Waals surface area (Å²) in [7, 11) is 1.82. The van der Waals surface area contributed by atoms with Crippen LogP contribution in [-0.4, -0.2) is 61.2 Å². The van der Waals surface area contributed by atoms with Gasteiger partial charge >= 0.3 is 0 Å². The lowest BCUT2D eigenvalue weighted by molar-refractivity contribution is -0.0704. The number of carbonyl (C=O) groups excluding carboxylic acids is 1. The highest BCUT2D eigenvalue weighted by atomic mass is 16.5. The van der Waals surface area contributed by atoms with Crippen LogP contribution in [0.1, 0.15) is 40.9 Å². The average molecular weight is 411 g/mol. The standard InChI is InChI=1S/C25H34N2O3/c1-18-12-19(2)14-24(13-18)29-11-10-26(5)25(28)23-8-6-22(7-9-23)17-27-15-20(3)30-21(4)16-27/h6-9,12-14,20-21H,10-11,15-17H2,1-5H3. The Kier molecular flexibility index (Phi) is 7.51. The summed E-state index contributed by atoms with van der Waals surface area (Å²) < 4.78 is 11.6. The zero-order valence-corrected chi connectivity index (χ0v) is 18.9. The van der Waals surface area contributed by atoms with Crippen LogP contribution in [0, 0.1) is 13.8 Å². The van der Waals surface area contributed by atoms with Gasteiger partial charge < -0.3 is 14.4 Å². The Bertz CT molecular complexity index is 820. The molecule has 1 aliphatic rings. The maximum Gasteiger partial charge on any atom is 0.253 e.